The molecule has 0 fully saturated rings. The van der Waals surface area contributed by atoms with Crippen LogP contribution in [0, 0.1) is 0 Å². The number of aromatic nitrogens is 4. The van der Waals surface area contributed by atoms with Crippen LogP contribution in [0.2, 0.25) is 0 Å². The van der Waals surface area contributed by atoms with E-state index in [0.717, 1.165) is 44.5 Å². The van der Waals surface area contributed by atoms with Crippen LogP contribution in [0.4, 0.5) is 0 Å². The average Bonchev–Trinajstić information content (AvgIpc) is 3.59. The second kappa shape index (κ2) is 12.9. The molecule has 8 aromatic carbocycles. The standard InChI is InChI=1S/C49H32N4/c1-4-16-34(17-5-1)47-50-48(35-18-6-2-7-19-35)52-49(51-47)39-22-12-21-37(32-39)41-25-13-27-43-45(41)46-42(38-30-29-33-15-10-11-20-36(33)31-38)26-14-28-44(46)53(43)40-23-8-3-9-24-40/h1-32H. The number of fused-ring (bicyclic) bond motifs is 4. The van der Waals surface area contributed by atoms with Gasteiger partial charge in [-0.3, -0.25) is 0 Å². The lowest BCUT2D eigenvalue weighted by atomic mass is 9.93. The topological polar surface area (TPSA) is 43.6 Å². The first-order chi connectivity index (χ1) is 26.3. The maximum absolute atomic E-state index is 5.04. The van der Waals surface area contributed by atoms with Gasteiger partial charge in [0.25, 0.3) is 0 Å². The molecule has 248 valence electrons. The molecule has 0 saturated carbocycles. The number of benzene rings is 8. The highest BCUT2D eigenvalue weighted by atomic mass is 15.0. The van der Waals surface area contributed by atoms with Crippen molar-refractivity contribution in [1.82, 2.24) is 19.5 Å². The van der Waals surface area contributed by atoms with Crippen LogP contribution in [0.5, 0.6) is 0 Å². The maximum Gasteiger partial charge on any atom is 0.164 e. The van der Waals surface area contributed by atoms with E-state index in [0.29, 0.717) is 17.5 Å². The summed E-state index contributed by atoms with van der Waals surface area (Å²) in [5.74, 6) is 1.93. The Morgan fingerprint density at radius 1 is 0.302 bits per heavy atom. The number of para-hydroxylation sites is 1. The fourth-order valence-corrected chi connectivity index (χ4v) is 7.56. The van der Waals surface area contributed by atoms with Gasteiger partial charge in [-0.1, -0.05) is 158 Å². The molecule has 0 N–H and O–H groups in total. The molecule has 0 radical (unpaired) electrons. The zero-order valence-corrected chi connectivity index (χ0v) is 28.8. The van der Waals surface area contributed by atoms with Crippen LogP contribution in [0.15, 0.2) is 194 Å². The Bertz CT molecular complexity index is 2870. The predicted molar refractivity (Wildman–Crippen MR) is 219 cm³/mol. The zero-order valence-electron chi connectivity index (χ0n) is 28.8. The molecular formula is C49H32N4. The van der Waals surface area contributed by atoms with Gasteiger partial charge in [-0.25, -0.2) is 15.0 Å². The van der Waals surface area contributed by atoms with Crippen molar-refractivity contribution in [2.24, 2.45) is 0 Å². The van der Waals surface area contributed by atoms with E-state index in [9.17, 15) is 0 Å². The molecule has 0 aliphatic heterocycles. The van der Waals surface area contributed by atoms with Crippen LogP contribution in [-0.2, 0) is 0 Å². The smallest absolute Gasteiger partial charge is 0.164 e. The first-order valence-electron chi connectivity index (χ1n) is 17.9. The van der Waals surface area contributed by atoms with Crippen molar-refractivity contribution >= 4 is 32.6 Å². The van der Waals surface area contributed by atoms with Gasteiger partial charge in [0.2, 0.25) is 0 Å². The van der Waals surface area contributed by atoms with Gasteiger partial charge in [0.05, 0.1) is 11.0 Å². The van der Waals surface area contributed by atoms with Crippen LogP contribution in [0.1, 0.15) is 0 Å². The molecule has 2 heterocycles. The first-order valence-corrected chi connectivity index (χ1v) is 17.9. The van der Waals surface area contributed by atoms with Crippen molar-refractivity contribution in [3.63, 3.8) is 0 Å². The van der Waals surface area contributed by atoms with E-state index in [2.05, 4.69) is 138 Å². The largest absolute Gasteiger partial charge is 0.309 e. The Balaban J connectivity index is 1.21. The minimum atomic E-state index is 0.635. The summed E-state index contributed by atoms with van der Waals surface area (Å²) >= 11 is 0. The summed E-state index contributed by atoms with van der Waals surface area (Å²) in [6, 6.07) is 68.2. The monoisotopic (exact) mass is 676 g/mol. The average molecular weight is 677 g/mol. The fraction of sp³-hybridized carbons (Fsp3) is 0. The fourth-order valence-electron chi connectivity index (χ4n) is 7.56. The molecule has 10 aromatic rings. The normalized spacial score (nSPS) is 11.4. The lowest BCUT2D eigenvalue weighted by Crippen LogP contribution is -2.00. The Morgan fingerprint density at radius 2 is 0.755 bits per heavy atom. The first kappa shape index (κ1) is 30.6. The molecule has 53 heavy (non-hydrogen) atoms. The van der Waals surface area contributed by atoms with Crippen LogP contribution in [-0.4, -0.2) is 19.5 Å². The van der Waals surface area contributed by atoms with Gasteiger partial charge in [0, 0.05) is 33.2 Å². The van der Waals surface area contributed by atoms with Crippen molar-refractivity contribution in [1.29, 1.82) is 0 Å². The summed E-state index contributed by atoms with van der Waals surface area (Å²) in [6.07, 6.45) is 0. The van der Waals surface area contributed by atoms with E-state index in [1.165, 1.54) is 32.7 Å². The highest BCUT2D eigenvalue weighted by Gasteiger charge is 2.20. The number of hydrogen-bond acceptors (Lipinski definition) is 3. The van der Waals surface area contributed by atoms with E-state index in [1.807, 2.05) is 60.7 Å². The van der Waals surface area contributed by atoms with Crippen LogP contribution >= 0.6 is 0 Å². The quantitative estimate of drug-likeness (QED) is 0.176. The van der Waals surface area contributed by atoms with Gasteiger partial charge in [-0.05, 0) is 69.4 Å². The zero-order chi connectivity index (χ0) is 35.1. The van der Waals surface area contributed by atoms with Crippen molar-refractivity contribution in [3.05, 3.63) is 194 Å². The number of nitrogens with zero attached hydrogens (tertiary/aromatic N) is 4. The Morgan fingerprint density at radius 3 is 1.36 bits per heavy atom. The van der Waals surface area contributed by atoms with E-state index in [4.69, 9.17) is 15.0 Å². The predicted octanol–water partition coefficient (Wildman–Crippen LogP) is 12.5. The molecule has 0 bridgehead atoms. The molecule has 0 saturated heterocycles. The second-order valence-corrected chi connectivity index (χ2v) is 13.3. The van der Waals surface area contributed by atoms with Crippen molar-refractivity contribution in [2.45, 2.75) is 0 Å². The molecule has 0 amide bonds. The Labute approximate surface area is 307 Å². The molecule has 4 heteroatoms. The van der Waals surface area contributed by atoms with Gasteiger partial charge < -0.3 is 4.57 Å². The summed E-state index contributed by atoms with van der Waals surface area (Å²) in [6.45, 7) is 0. The molecule has 0 aliphatic rings. The van der Waals surface area contributed by atoms with E-state index < -0.39 is 0 Å². The van der Waals surface area contributed by atoms with Crippen LogP contribution in [0.25, 0.3) is 94.7 Å². The van der Waals surface area contributed by atoms with E-state index >= 15 is 0 Å². The van der Waals surface area contributed by atoms with Gasteiger partial charge in [0.15, 0.2) is 17.5 Å². The second-order valence-electron chi connectivity index (χ2n) is 13.3. The van der Waals surface area contributed by atoms with Gasteiger partial charge in [0.1, 0.15) is 0 Å². The molecule has 4 nitrogen and oxygen atoms in total. The number of hydrogen-bond donors (Lipinski definition) is 0. The van der Waals surface area contributed by atoms with Crippen molar-refractivity contribution in [3.8, 4) is 62.1 Å². The third-order valence-electron chi connectivity index (χ3n) is 10.0. The molecule has 2 aromatic heterocycles. The summed E-state index contributed by atoms with van der Waals surface area (Å²) in [4.78, 5) is 15.0. The summed E-state index contributed by atoms with van der Waals surface area (Å²) < 4.78 is 2.40. The molecular weight excluding hydrogens is 645 g/mol. The third-order valence-corrected chi connectivity index (χ3v) is 10.0. The Kier molecular flexibility index (Phi) is 7.43. The Hall–Kier alpha value is -7.17. The maximum atomic E-state index is 5.04. The molecule has 10 rings (SSSR count). The van der Waals surface area contributed by atoms with Gasteiger partial charge >= 0.3 is 0 Å². The highest BCUT2D eigenvalue weighted by molar-refractivity contribution is 6.21. The van der Waals surface area contributed by atoms with E-state index in [1.54, 1.807) is 0 Å². The van der Waals surface area contributed by atoms with Crippen molar-refractivity contribution < 1.29 is 0 Å². The minimum Gasteiger partial charge on any atom is -0.309 e. The summed E-state index contributed by atoms with van der Waals surface area (Å²) in [7, 11) is 0. The minimum absolute atomic E-state index is 0.635. The third kappa shape index (κ3) is 5.45. The summed E-state index contributed by atoms with van der Waals surface area (Å²) in [5.41, 5.74) is 10.9. The van der Waals surface area contributed by atoms with Crippen LogP contribution < -0.4 is 0 Å². The summed E-state index contributed by atoms with van der Waals surface area (Å²) in [5, 5.41) is 4.89. The van der Waals surface area contributed by atoms with Crippen molar-refractivity contribution in [2.75, 3.05) is 0 Å². The molecule has 0 spiro atoms. The van der Waals surface area contributed by atoms with Gasteiger partial charge in [-0.15, -0.1) is 0 Å². The van der Waals surface area contributed by atoms with E-state index in [-0.39, 0.29) is 0 Å². The highest BCUT2D eigenvalue weighted by Crippen LogP contribution is 2.43. The van der Waals surface area contributed by atoms with Crippen LogP contribution in [0.3, 0.4) is 0 Å². The SMILES string of the molecule is c1ccc(-c2nc(-c3ccccc3)nc(-c3cccc(-c4cccc5c4c4c(-c6ccc7ccccc7c6)cccc4n5-c4ccccc4)c3)n2)cc1. The molecule has 0 atom stereocenters. The number of rotatable bonds is 6. The molecule has 0 aliphatic carbocycles. The lowest BCUT2D eigenvalue weighted by molar-refractivity contribution is 1.07. The lowest BCUT2D eigenvalue weighted by Gasteiger charge is -2.11. The molecule has 0 unspecified atom stereocenters. The van der Waals surface area contributed by atoms with Gasteiger partial charge in [-0.2, -0.15) is 0 Å².